The molecule has 0 bridgehead atoms. The molecule has 0 radical (unpaired) electrons. The Hall–Kier alpha value is 0.134. The van der Waals surface area contributed by atoms with Gasteiger partial charge in [-0.3, -0.25) is 4.79 Å². The minimum Gasteiger partial charge on any atom is -0.460 e. The highest BCUT2D eigenvalue weighted by Crippen LogP contribution is 2.45. The van der Waals surface area contributed by atoms with Crippen LogP contribution in [0.3, 0.4) is 0 Å². The van der Waals surface area contributed by atoms with E-state index in [-0.39, 0.29) is 57.2 Å². The largest absolute Gasteiger partial charge is 0.460 e. The Balaban J connectivity index is 6.14. The average molecular weight is 565 g/mol. The molecule has 0 aliphatic heterocycles. The number of aliphatic hydroxyl groups excluding tert-OH is 1. The van der Waals surface area contributed by atoms with Crippen LogP contribution in [0.5, 0.6) is 0 Å². The second-order valence-corrected chi connectivity index (χ2v) is 26.6. The molecule has 1 unspecified atom stereocenters. The van der Waals surface area contributed by atoms with E-state index in [1.165, 1.54) is 0 Å². The van der Waals surface area contributed by atoms with Crippen molar-refractivity contribution in [2.75, 3.05) is 6.61 Å². The summed E-state index contributed by atoms with van der Waals surface area (Å²) < 4.78 is 19.1. The Morgan fingerprint density at radius 2 is 1.22 bits per heavy atom. The number of esters is 1. The van der Waals surface area contributed by atoms with Crippen LogP contribution in [0, 0.1) is 5.92 Å². The lowest BCUT2D eigenvalue weighted by Gasteiger charge is -2.47. The maximum atomic E-state index is 13.0. The molecule has 1 N–H and O–H groups in total. The van der Waals surface area contributed by atoms with Crippen LogP contribution in [-0.2, 0) is 18.4 Å². The van der Waals surface area contributed by atoms with Crippen LogP contribution in [0.2, 0.25) is 36.3 Å². The van der Waals surface area contributed by atoms with Gasteiger partial charge in [-0.15, -0.1) is 11.8 Å². The van der Waals surface area contributed by atoms with Gasteiger partial charge in [0.1, 0.15) is 5.60 Å². The molecule has 0 aromatic rings. The summed E-state index contributed by atoms with van der Waals surface area (Å²) in [6.07, 6.45) is -0.200. The third-order valence-corrected chi connectivity index (χ3v) is 18.3. The number of rotatable bonds is 12. The van der Waals surface area contributed by atoms with E-state index >= 15 is 0 Å². The summed E-state index contributed by atoms with van der Waals surface area (Å²) >= 11 is 1.80. The summed E-state index contributed by atoms with van der Waals surface area (Å²) in [5.74, 6) is -0.228. The fourth-order valence-electron chi connectivity index (χ4n) is 3.41. The highest BCUT2D eigenvalue weighted by Gasteiger charge is 2.47. The second-order valence-electron chi connectivity index (χ2n) is 15.1. The molecule has 0 saturated heterocycles. The van der Waals surface area contributed by atoms with Crippen molar-refractivity contribution >= 4 is 34.4 Å². The third-order valence-electron chi connectivity index (χ3n) is 7.83. The molecule has 0 fully saturated rings. The molecule has 36 heavy (non-hydrogen) atoms. The highest BCUT2D eigenvalue weighted by atomic mass is 32.2. The number of hydrogen-bond acceptors (Lipinski definition) is 6. The molecule has 0 aliphatic rings. The fourth-order valence-corrected chi connectivity index (χ4v) is 8.21. The van der Waals surface area contributed by atoms with Gasteiger partial charge < -0.3 is 18.7 Å². The lowest BCUT2D eigenvalue weighted by molar-refractivity contribution is -0.157. The lowest BCUT2D eigenvalue weighted by atomic mass is 10.0. The number of thioether (sulfide) groups is 1. The standard InChI is InChI=1S/C28H60O5SSi2/c1-20(19-29)24(33-36(16,17)27(9,10)11)21(2)34-28(12,13)22(18-23(30)31-25(3,4)5)32-35(14,15)26(6,7)8/h20-22,24,29H,18-19H2,1-17H3/t20-,21+,22?,24-/m0/s1. The normalized spacial score (nSPS) is 17.9. The second kappa shape index (κ2) is 12.5. The zero-order valence-electron chi connectivity index (χ0n) is 26.7. The van der Waals surface area contributed by atoms with Gasteiger partial charge in [0.15, 0.2) is 16.6 Å². The molecule has 0 aliphatic carbocycles. The minimum atomic E-state index is -2.16. The Morgan fingerprint density at radius 3 is 1.58 bits per heavy atom. The zero-order valence-corrected chi connectivity index (χ0v) is 29.5. The Morgan fingerprint density at radius 1 is 0.806 bits per heavy atom. The molecular weight excluding hydrogens is 505 g/mol. The predicted octanol–water partition coefficient (Wildman–Crippen LogP) is 8.03. The van der Waals surface area contributed by atoms with Crippen molar-refractivity contribution in [1.82, 2.24) is 0 Å². The van der Waals surface area contributed by atoms with E-state index in [1.54, 1.807) is 11.8 Å². The van der Waals surface area contributed by atoms with Gasteiger partial charge >= 0.3 is 5.97 Å². The van der Waals surface area contributed by atoms with Gasteiger partial charge in [0.25, 0.3) is 0 Å². The van der Waals surface area contributed by atoms with Gasteiger partial charge in [0, 0.05) is 22.5 Å². The SMILES string of the molecule is C[C@@H](CO)[C@H](O[Si](C)(C)C(C)(C)C)[C@@H](C)SC(C)(C)C(CC(=O)OC(C)(C)C)O[Si](C)(C)C(C)(C)C. The van der Waals surface area contributed by atoms with Crippen LogP contribution in [-0.4, -0.2) is 62.1 Å². The highest BCUT2D eigenvalue weighted by molar-refractivity contribution is 8.01. The molecule has 0 saturated carbocycles. The summed E-state index contributed by atoms with van der Waals surface area (Å²) in [6.45, 7) is 36.7. The van der Waals surface area contributed by atoms with Crippen molar-refractivity contribution in [3.8, 4) is 0 Å². The first-order chi connectivity index (χ1) is 15.7. The summed E-state index contributed by atoms with van der Waals surface area (Å²) in [5, 5.41) is 10.3. The minimum absolute atomic E-state index is 0.00282. The van der Waals surface area contributed by atoms with Gasteiger partial charge in [-0.2, -0.15) is 0 Å². The molecule has 0 rings (SSSR count). The molecule has 8 heteroatoms. The summed E-state index contributed by atoms with van der Waals surface area (Å²) in [7, 11) is -4.21. The van der Waals surface area contributed by atoms with Gasteiger partial charge in [0.2, 0.25) is 0 Å². The van der Waals surface area contributed by atoms with Crippen LogP contribution in [0.4, 0.5) is 0 Å². The summed E-state index contributed by atoms with van der Waals surface area (Å²) in [5.41, 5.74) is -0.540. The quantitative estimate of drug-likeness (QED) is 0.191. The van der Waals surface area contributed by atoms with Crippen molar-refractivity contribution in [1.29, 1.82) is 0 Å². The predicted molar refractivity (Wildman–Crippen MR) is 162 cm³/mol. The van der Waals surface area contributed by atoms with Crippen LogP contribution < -0.4 is 0 Å². The molecule has 0 amide bonds. The summed E-state index contributed by atoms with van der Waals surface area (Å²) in [6, 6.07) is 0. The number of carbonyl (C=O) groups is 1. The molecule has 0 heterocycles. The van der Waals surface area contributed by atoms with Gasteiger partial charge in [-0.1, -0.05) is 55.4 Å². The zero-order chi connectivity index (χ0) is 29.1. The lowest BCUT2D eigenvalue weighted by Crippen LogP contribution is -2.52. The number of carbonyl (C=O) groups excluding carboxylic acids is 1. The van der Waals surface area contributed by atoms with Crippen LogP contribution in [0.1, 0.15) is 96.4 Å². The Kier molecular flexibility index (Phi) is 12.6. The van der Waals surface area contributed by atoms with E-state index in [2.05, 4.69) is 95.4 Å². The first kappa shape index (κ1) is 36.1. The average Bonchev–Trinajstić information content (AvgIpc) is 2.60. The van der Waals surface area contributed by atoms with Crippen molar-refractivity contribution < 1.29 is 23.5 Å². The van der Waals surface area contributed by atoms with Gasteiger partial charge in [-0.05, 0) is 70.9 Å². The van der Waals surface area contributed by atoms with E-state index in [0.29, 0.717) is 0 Å². The molecule has 0 spiro atoms. The smallest absolute Gasteiger partial charge is 0.308 e. The van der Waals surface area contributed by atoms with Gasteiger partial charge in [0.05, 0.1) is 18.6 Å². The van der Waals surface area contributed by atoms with Crippen LogP contribution in [0.25, 0.3) is 0 Å². The topological polar surface area (TPSA) is 65.0 Å². The van der Waals surface area contributed by atoms with E-state index < -0.39 is 22.2 Å². The Labute approximate surface area is 230 Å². The number of hydrogen-bond donors (Lipinski definition) is 1. The Bertz CT molecular complexity index is 702. The molecular formula is C28H60O5SSi2. The van der Waals surface area contributed by atoms with Crippen LogP contribution >= 0.6 is 11.8 Å². The van der Waals surface area contributed by atoms with Crippen molar-refractivity contribution in [3.05, 3.63) is 0 Å². The first-order valence-electron chi connectivity index (χ1n) is 13.5. The van der Waals surface area contributed by atoms with E-state index in [0.717, 1.165) is 0 Å². The fraction of sp³-hybridized carbons (Fsp3) is 0.964. The van der Waals surface area contributed by atoms with Crippen LogP contribution in [0.15, 0.2) is 0 Å². The maximum Gasteiger partial charge on any atom is 0.308 e. The number of aliphatic hydroxyl groups is 1. The molecule has 0 aromatic carbocycles. The summed E-state index contributed by atoms with van der Waals surface area (Å²) in [4.78, 5) is 13.0. The van der Waals surface area contributed by atoms with E-state index in [4.69, 9.17) is 13.6 Å². The number of ether oxygens (including phenoxy) is 1. The van der Waals surface area contributed by atoms with Gasteiger partial charge in [-0.25, -0.2) is 0 Å². The van der Waals surface area contributed by atoms with Crippen molar-refractivity contribution in [3.63, 3.8) is 0 Å². The third kappa shape index (κ3) is 11.1. The monoisotopic (exact) mass is 564 g/mol. The maximum absolute atomic E-state index is 13.0. The van der Waals surface area contributed by atoms with Crippen molar-refractivity contribution in [2.45, 2.75) is 160 Å². The van der Waals surface area contributed by atoms with E-state index in [9.17, 15) is 9.90 Å². The molecule has 5 nitrogen and oxygen atoms in total. The molecule has 216 valence electrons. The molecule has 4 atom stereocenters. The first-order valence-corrected chi connectivity index (χ1v) is 20.2. The van der Waals surface area contributed by atoms with Crippen molar-refractivity contribution in [2.24, 2.45) is 5.92 Å². The van der Waals surface area contributed by atoms with E-state index in [1.807, 2.05) is 20.8 Å². The molecule has 0 aromatic heterocycles.